The van der Waals surface area contributed by atoms with Gasteiger partial charge in [0, 0.05) is 18.2 Å². The van der Waals surface area contributed by atoms with Crippen LogP contribution >= 0.6 is 0 Å². The molecule has 17 heavy (non-hydrogen) atoms. The molecule has 5 heteroatoms. The van der Waals surface area contributed by atoms with E-state index in [0.717, 1.165) is 5.56 Å². The molecule has 0 aromatic heterocycles. The molecule has 0 aliphatic carbocycles. The van der Waals surface area contributed by atoms with Gasteiger partial charge in [0.25, 0.3) is 0 Å². The summed E-state index contributed by atoms with van der Waals surface area (Å²) in [6.45, 7) is 0.403. The predicted octanol–water partition coefficient (Wildman–Crippen LogP) is 0.147. The average molecular weight is 241 g/mol. The second-order valence-corrected chi connectivity index (χ2v) is 3.65. The summed E-state index contributed by atoms with van der Waals surface area (Å²) in [6.07, 6.45) is -0.872. The van der Waals surface area contributed by atoms with Crippen molar-refractivity contribution >= 4 is 0 Å². The van der Waals surface area contributed by atoms with Crippen LogP contribution in [0, 0.1) is 0 Å². The highest BCUT2D eigenvalue weighted by atomic mass is 16.5. The first-order valence-corrected chi connectivity index (χ1v) is 5.44. The van der Waals surface area contributed by atoms with E-state index in [9.17, 15) is 5.11 Å². The van der Waals surface area contributed by atoms with Crippen LogP contribution in [-0.4, -0.2) is 43.7 Å². The van der Waals surface area contributed by atoms with E-state index in [0.29, 0.717) is 18.0 Å². The molecule has 0 amide bonds. The molecule has 1 unspecified atom stereocenters. The molecule has 0 saturated carbocycles. The van der Waals surface area contributed by atoms with Crippen LogP contribution in [0.15, 0.2) is 18.2 Å². The normalized spacial score (nSPS) is 12.2. The summed E-state index contributed by atoms with van der Waals surface area (Å²) >= 11 is 0. The SMILES string of the molecule is CNCc1ccc(OC)cc1OCC(O)CO. The Hall–Kier alpha value is -1.30. The van der Waals surface area contributed by atoms with Gasteiger partial charge >= 0.3 is 0 Å². The van der Waals surface area contributed by atoms with Gasteiger partial charge in [0.1, 0.15) is 24.2 Å². The molecular weight excluding hydrogens is 222 g/mol. The van der Waals surface area contributed by atoms with Crippen molar-refractivity contribution in [3.8, 4) is 11.5 Å². The van der Waals surface area contributed by atoms with Gasteiger partial charge in [-0.1, -0.05) is 6.07 Å². The first-order valence-electron chi connectivity index (χ1n) is 5.44. The minimum atomic E-state index is -0.872. The molecule has 0 spiro atoms. The number of methoxy groups -OCH3 is 1. The zero-order valence-electron chi connectivity index (χ0n) is 10.1. The van der Waals surface area contributed by atoms with Crippen molar-refractivity contribution in [3.63, 3.8) is 0 Å². The highest BCUT2D eigenvalue weighted by Crippen LogP contribution is 2.24. The molecule has 0 fully saturated rings. The molecule has 0 aliphatic heterocycles. The number of hydrogen-bond donors (Lipinski definition) is 3. The summed E-state index contributed by atoms with van der Waals surface area (Å²) in [7, 11) is 3.43. The van der Waals surface area contributed by atoms with Crippen molar-refractivity contribution in [2.45, 2.75) is 12.6 Å². The maximum Gasteiger partial charge on any atom is 0.127 e. The smallest absolute Gasteiger partial charge is 0.127 e. The number of aliphatic hydroxyl groups excluding tert-OH is 2. The van der Waals surface area contributed by atoms with Gasteiger partial charge in [-0.2, -0.15) is 0 Å². The van der Waals surface area contributed by atoms with Crippen molar-refractivity contribution in [2.24, 2.45) is 0 Å². The van der Waals surface area contributed by atoms with Crippen molar-refractivity contribution in [2.75, 3.05) is 27.4 Å². The van der Waals surface area contributed by atoms with Gasteiger partial charge in [-0.25, -0.2) is 0 Å². The van der Waals surface area contributed by atoms with Crippen LogP contribution in [0.1, 0.15) is 5.56 Å². The van der Waals surface area contributed by atoms with Crippen LogP contribution < -0.4 is 14.8 Å². The van der Waals surface area contributed by atoms with Crippen LogP contribution in [0.3, 0.4) is 0 Å². The summed E-state index contributed by atoms with van der Waals surface area (Å²) in [4.78, 5) is 0. The summed E-state index contributed by atoms with van der Waals surface area (Å²) in [5.74, 6) is 1.34. The quantitative estimate of drug-likeness (QED) is 0.633. The molecule has 1 rings (SSSR count). The van der Waals surface area contributed by atoms with Gasteiger partial charge in [0.2, 0.25) is 0 Å². The van der Waals surface area contributed by atoms with Gasteiger partial charge < -0.3 is 25.0 Å². The van der Waals surface area contributed by atoms with Gasteiger partial charge in [-0.05, 0) is 13.1 Å². The molecule has 1 atom stereocenters. The molecule has 0 aliphatic rings. The molecule has 0 heterocycles. The Labute approximate surface area is 101 Å². The third-order valence-corrected chi connectivity index (χ3v) is 2.28. The monoisotopic (exact) mass is 241 g/mol. The summed E-state index contributed by atoms with van der Waals surface area (Å²) in [5, 5.41) is 21.0. The Morgan fingerprint density at radius 2 is 2.18 bits per heavy atom. The van der Waals surface area contributed by atoms with Gasteiger partial charge in [0.05, 0.1) is 13.7 Å². The van der Waals surface area contributed by atoms with E-state index >= 15 is 0 Å². The lowest BCUT2D eigenvalue weighted by Gasteiger charge is -2.14. The lowest BCUT2D eigenvalue weighted by atomic mass is 10.2. The van der Waals surface area contributed by atoms with Crippen LogP contribution in [0.5, 0.6) is 11.5 Å². The predicted molar refractivity (Wildman–Crippen MR) is 64.3 cm³/mol. The fourth-order valence-corrected chi connectivity index (χ4v) is 1.37. The van der Waals surface area contributed by atoms with Crippen molar-refractivity contribution in [1.29, 1.82) is 0 Å². The zero-order valence-corrected chi connectivity index (χ0v) is 10.1. The van der Waals surface area contributed by atoms with Crippen LogP contribution in [-0.2, 0) is 6.54 Å². The first-order chi connectivity index (χ1) is 8.21. The average Bonchev–Trinajstić information content (AvgIpc) is 2.37. The van der Waals surface area contributed by atoms with E-state index < -0.39 is 6.10 Å². The number of benzene rings is 1. The second-order valence-electron chi connectivity index (χ2n) is 3.65. The number of hydrogen-bond acceptors (Lipinski definition) is 5. The third kappa shape index (κ3) is 4.22. The molecule has 0 radical (unpaired) electrons. The molecule has 5 nitrogen and oxygen atoms in total. The van der Waals surface area contributed by atoms with Crippen molar-refractivity contribution in [3.05, 3.63) is 23.8 Å². The molecule has 1 aromatic rings. The third-order valence-electron chi connectivity index (χ3n) is 2.28. The maximum atomic E-state index is 9.24. The van der Waals surface area contributed by atoms with Crippen LogP contribution in [0.2, 0.25) is 0 Å². The highest BCUT2D eigenvalue weighted by Gasteiger charge is 2.08. The summed E-state index contributed by atoms with van der Waals surface area (Å²) in [5.41, 5.74) is 0.971. The largest absolute Gasteiger partial charge is 0.497 e. The lowest BCUT2D eigenvalue weighted by molar-refractivity contribution is 0.0532. The Morgan fingerprint density at radius 3 is 2.76 bits per heavy atom. The van der Waals surface area contributed by atoms with E-state index in [-0.39, 0.29) is 13.2 Å². The van der Waals surface area contributed by atoms with Crippen molar-refractivity contribution in [1.82, 2.24) is 5.32 Å². The molecule has 0 saturated heterocycles. The Morgan fingerprint density at radius 1 is 1.41 bits per heavy atom. The minimum Gasteiger partial charge on any atom is -0.497 e. The van der Waals surface area contributed by atoms with Gasteiger partial charge in [-0.3, -0.25) is 0 Å². The number of rotatable bonds is 7. The fourth-order valence-electron chi connectivity index (χ4n) is 1.37. The molecule has 96 valence electrons. The Bertz CT molecular complexity index is 343. The number of nitrogens with one attached hydrogen (secondary N) is 1. The van der Waals surface area contributed by atoms with E-state index in [1.807, 2.05) is 19.2 Å². The van der Waals surface area contributed by atoms with Crippen LogP contribution in [0.25, 0.3) is 0 Å². The first kappa shape index (κ1) is 13.8. The Balaban J connectivity index is 2.77. The summed E-state index contributed by atoms with van der Waals surface area (Å²) < 4.78 is 10.6. The van der Waals surface area contributed by atoms with Gasteiger partial charge in [0.15, 0.2) is 0 Å². The maximum absolute atomic E-state index is 9.24. The van der Waals surface area contributed by atoms with Gasteiger partial charge in [-0.15, -0.1) is 0 Å². The molecule has 1 aromatic carbocycles. The number of aliphatic hydroxyl groups is 2. The van der Waals surface area contributed by atoms with E-state index in [2.05, 4.69) is 5.32 Å². The highest BCUT2D eigenvalue weighted by molar-refractivity contribution is 5.40. The van der Waals surface area contributed by atoms with E-state index in [1.54, 1.807) is 13.2 Å². The molecule has 3 N–H and O–H groups in total. The molecule has 0 bridgehead atoms. The summed E-state index contributed by atoms with van der Waals surface area (Å²) in [6, 6.07) is 5.51. The zero-order chi connectivity index (χ0) is 12.7. The lowest BCUT2D eigenvalue weighted by Crippen LogP contribution is -2.22. The van der Waals surface area contributed by atoms with E-state index in [1.165, 1.54) is 0 Å². The van der Waals surface area contributed by atoms with Crippen molar-refractivity contribution < 1.29 is 19.7 Å². The topological polar surface area (TPSA) is 71.0 Å². The Kier molecular flexibility index (Phi) is 5.76. The standard InChI is InChI=1S/C12H19NO4/c1-13-6-9-3-4-11(16-2)5-12(9)17-8-10(15)7-14/h3-5,10,13-15H,6-8H2,1-2H3. The molecular formula is C12H19NO4. The second kappa shape index (κ2) is 7.11. The fraction of sp³-hybridized carbons (Fsp3) is 0.500. The number of ether oxygens (including phenoxy) is 2. The van der Waals surface area contributed by atoms with E-state index in [4.69, 9.17) is 14.6 Å². The van der Waals surface area contributed by atoms with Crippen LogP contribution in [0.4, 0.5) is 0 Å². The minimum absolute atomic E-state index is 0.0559.